The number of rotatable bonds is 5. The molecule has 1 atom stereocenters. The Hall–Kier alpha value is -2.35. The molecular formula is C14H14F3N3O2. The standard InChI is InChI=1S/C14H14F3N3O2/c1-22-11-5-3-2-4-9(11)10(21)8-19-13-18-7-6-12(20-13)14(15,16)17/h2-7,10,21H,8H2,1H3,(H,18,19,20). The number of anilines is 1. The molecule has 0 aliphatic carbocycles. The van der Waals surface area contributed by atoms with Crippen molar-refractivity contribution in [3.05, 3.63) is 47.8 Å². The van der Waals surface area contributed by atoms with Gasteiger partial charge in [0, 0.05) is 18.3 Å². The number of hydrogen-bond acceptors (Lipinski definition) is 5. The topological polar surface area (TPSA) is 67.3 Å². The number of aliphatic hydroxyl groups excluding tert-OH is 1. The van der Waals surface area contributed by atoms with Crippen molar-refractivity contribution in [3.63, 3.8) is 0 Å². The van der Waals surface area contributed by atoms with E-state index in [-0.39, 0.29) is 12.5 Å². The molecule has 0 saturated heterocycles. The minimum Gasteiger partial charge on any atom is -0.496 e. The summed E-state index contributed by atoms with van der Waals surface area (Å²) < 4.78 is 42.8. The molecule has 0 aliphatic rings. The molecule has 2 aromatic rings. The Balaban J connectivity index is 2.07. The Bertz CT molecular complexity index is 635. The zero-order chi connectivity index (χ0) is 16.2. The number of alkyl halides is 3. The number of aromatic nitrogens is 2. The maximum absolute atomic E-state index is 12.5. The van der Waals surface area contributed by atoms with Crippen LogP contribution in [0.25, 0.3) is 0 Å². The number of para-hydroxylation sites is 1. The van der Waals surface area contributed by atoms with Gasteiger partial charge in [-0.05, 0) is 12.1 Å². The van der Waals surface area contributed by atoms with Crippen LogP contribution in [0, 0.1) is 0 Å². The highest BCUT2D eigenvalue weighted by Crippen LogP contribution is 2.28. The molecule has 5 nitrogen and oxygen atoms in total. The summed E-state index contributed by atoms with van der Waals surface area (Å²) in [6, 6.07) is 7.60. The van der Waals surface area contributed by atoms with Gasteiger partial charge < -0.3 is 15.2 Å². The maximum Gasteiger partial charge on any atom is 0.433 e. The lowest BCUT2D eigenvalue weighted by molar-refractivity contribution is -0.141. The summed E-state index contributed by atoms with van der Waals surface area (Å²) in [6.07, 6.45) is -4.51. The third-order valence-electron chi connectivity index (χ3n) is 2.90. The molecule has 2 rings (SSSR count). The average Bonchev–Trinajstić information content (AvgIpc) is 2.52. The Morgan fingerprint density at radius 3 is 2.68 bits per heavy atom. The van der Waals surface area contributed by atoms with Gasteiger partial charge in [0.15, 0.2) is 0 Å². The van der Waals surface area contributed by atoms with Crippen LogP contribution in [0.2, 0.25) is 0 Å². The zero-order valence-corrected chi connectivity index (χ0v) is 11.6. The Labute approximate surface area is 124 Å². The third-order valence-corrected chi connectivity index (χ3v) is 2.90. The van der Waals surface area contributed by atoms with E-state index in [1.165, 1.54) is 7.11 Å². The van der Waals surface area contributed by atoms with Crippen LogP contribution < -0.4 is 10.1 Å². The third kappa shape index (κ3) is 3.85. The number of halogens is 3. The minimum atomic E-state index is -4.54. The fourth-order valence-electron chi connectivity index (χ4n) is 1.84. The Morgan fingerprint density at radius 1 is 1.27 bits per heavy atom. The lowest BCUT2D eigenvalue weighted by atomic mass is 10.1. The fourth-order valence-corrected chi connectivity index (χ4v) is 1.84. The van der Waals surface area contributed by atoms with Gasteiger partial charge in [0.05, 0.1) is 13.2 Å². The second-order valence-electron chi connectivity index (χ2n) is 4.40. The van der Waals surface area contributed by atoms with Gasteiger partial charge in [0.1, 0.15) is 11.4 Å². The van der Waals surface area contributed by atoms with Crippen molar-refractivity contribution < 1.29 is 23.0 Å². The quantitative estimate of drug-likeness (QED) is 0.888. The van der Waals surface area contributed by atoms with Gasteiger partial charge in [-0.15, -0.1) is 0 Å². The lowest BCUT2D eigenvalue weighted by Gasteiger charge is -2.15. The second-order valence-corrected chi connectivity index (χ2v) is 4.40. The molecule has 0 saturated carbocycles. The summed E-state index contributed by atoms with van der Waals surface area (Å²) in [5.74, 6) is 0.283. The molecule has 118 valence electrons. The van der Waals surface area contributed by atoms with Crippen molar-refractivity contribution in [2.45, 2.75) is 12.3 Å². The molecule has 1 heterocycles. The molecule has 2 N–H and O–H groups in total. The van der Waals surface area contributed by atoms with Crippen molar-refractivity contribution in [2.75, 3.05) is 19.0 Å². The van der Waals surface area contributed by atoms with E-state index in [0.29, 0.717) is 11.3 Å². The van der Waals surface area contributed by atoms with E-state index in [1.54, 1.807) is 24.3 Å². The largest absolute Gasteiger partial charge is 0.496 e. The lowest BCUT2D eigenvalue weighted by Crippen LogP contribution is -2.16. The van der Waals surface area contributed by atoms with E-state index in [4.69, 9.17) is 4.74 Å². The van der Waals surface area contributed by atoms with Gasteiger partial charge in [-0.1, -0.05) is 18.2 Å². The van der Waals surface area contributed by atoms with Crippen LogP contribution in [0.4, 0.5) is 19.1 Å². The predicted octanol–water partition coefficient (Wildman–Crippen LogP) is 2.65. The van der Waals surface area contributed by atoms with Crippen LogP contribution in [0.15, 0.2) is 36.5 Å². The Kier molecular flexibility index (Phi) is 4.81. The van der Waals surface area contributed by atoms with E-state index in [2.05, 4.69) is 15.3 Å². The molecule has 0 amide bonds. The van der Waals surface area contributed by atoms with Gasteiger partial charge in [-0.25, -0.2) is 9.97 Å². The predicted molar refractivity (Wildman–Crippen MR) is 73.5 cm³/mol. The smallest absolute Gasteiger partial charge is 0.433 e. The van der Waals surface area contributed by atoms with Crippen LogP contribution in [0.5, 0.6) is 5.75 Å². The van der Waals surface area contributed by atoms with Gasteiger partial charge in [-0.3, -0.25) is 0 Å². The van der Waals surface area contributed by atoms with Crippen molar-refractivity contribution >= 4 is 5.95 Å². The number of nitrogens with zero attached hydrogens (tertiary/aromatic N) is 2. The molecule has 0 aliphatic heterocycles. The summed E-state index contributed by atoms with van der Waals surface area (Å²) in [5, 5.41) is 12.7. The van der Waals surface area contributed by atoms with Gasteiger partial charge in [0.25, 0.3) is 0 Å². The van der Waals surface area contributed by atoms with Crippen molar-refractivity contribution in [1.29, 1.82) is 0 Å². The highest BCUT2D eigenvalue weighted by Gasteiger charge is 2.32. The maximum atomic E-state index is 12.5. The fraction of sp³-hybridized carbons (Fsp3) is 0.286. The molecule has 1 unspecified atom stereocenters. The number of methoxy groups -OCH3 is 1. The molecule has 22 heavy (non-hydrogen) atoms. The van der Waals surface area contributed by atoms with Gasteiger partial charge in [-0.2, -0.15) is 13.2 Å². The minimum absolute atomic E-state index is 0.0539. The van der Waals surface area contributed by atoms with E-state index in [0.717, 1.165) is 12.3 Å². The molecule has 1 aromatic carbocycles. The highest BCUT2D eigenvalue weighted by molar-refractivity contribution is 5.36. The first-order chi connectivity index (χ1) is 10.4. The first-order valence-corrected chi connectivity index (χ1v) is 6.37. The van der Waals surface area contributed by atoms with Crippen LogP contribution in [-0.4, -0.2) is 28.7 Å². The van der Waals surface area contributed by atoms with Crippen LogP contribution in [0.1, 0.15) is 17.4 Å². The number of nitrogens with one attached hydrogen (secondary N) is 1. The first kappa shape index (κ1) is 16.0. The van der Waals surface area contributed by atoms with E-state index in [9.17, 15) is 18.3 Å². The van der Waals surface area contributed by atoms with E-state index in [1.807, 2.05) is 0 Å². The van der Waals surface area contributed by atoms with Crippen molar-refractivity contribution in [2.24, 2.45) is 0 Å². The summed E-state index contributed by atoms with van der Waals surface area (Å²) in [4.78, 5) is 7.06. The number of hydrogen-bond donors (Lipinski definition) is 2. The van der Waals surface area contributed by atoms with Crippen LogP contribution in [-0.2, 0) is 6.18 Å². The summed E-state index contributed by atoms with van der Waals surface area (Å²) in [6.45, 7) is -0.0539. The molecule has 0 fully saturated rings. The van der Waals surface area contributed by atoms with E-state index < -0.39 is 18.0 Å². The average molecular weight is 313 g/mol. The van der Waals surface area contributed by atoms with Crippen LogP contribution in [0.3, 0.4) is 0 Å². The molecule has 0 spiro atoms. The van der Waals surface area contributed by atoms with E-state index >= 15 is 0 Å². The number of benzene rings is 1. The second kappa shape index (κ2) is 6.61. The number of ether oxygens (including phenoxy) is 1. The normalized spacial score (nSPS) is 12.8. The van der Waals surface area contributed by atoms with Gasteiger partial charge >= 0.3 is 6.18 Å². The molecular weight excluding hydrogens is 299 g/mol. The van der Waals surface area contributed by atoms with Crippen molar-refractivity contribution in [3.8, 4) is 5.75 Å². The highest BCUT2D eigenvalue weighted by atomic mass is 19.4. The molecule has 0 radical (unpaired) electrons. The SMILES string of the molecule is COc1ccccc1C(O)CNc1nccc(C(F)(F)F)n1. The summed E-state index contributed by atoms with van der Waals surface area (Å²) >= 11 is 0. The monoisotopic (exact) mass is 313 g/mol. The van der Waals surface area contributed by atoms with Gasteiger partial charge in [0.2, 0.25) is 5.95 Å². The molecule has 8 heteroatoms. The zero-order valence-electron chi connectivity index (χ0n) is 11.6. The summed E-state index contributed by atoms with van der Waals surface area (Å²) in [5.41, 5.74) is -0.527. The van der Waals surface area contributed by atoms with Crippen LogP contribution >= 0.6 is 0 Å². The number of aliphatic hydroxyl groups is 1. The molecule has 1 aromatic heterocycles. The van der Waals surface area contributed by atoms with Crippen molar-refractivity contribution in [1.82, 2.24) is 9.97 Å². The Morgan fingerprint density at radius 2 is 2.00 bits per heavy atom. The summed E-state index contributed by atoms with van der Waals surface area (Å²) in [7, 11) is 1.47. The first-order valence-electron chi connectivity index (χ1n) is 6.37. The molecule has 0 bridgehead atoms.